The molecule has 1 heterocycles. The molecule has 0 radical (unpaired) electrons. The van der Waals surface area contributed by atoms with Crippen LogP contribution in [0.1, 0.15) is 81.9 Å². The number of unbranched alkanes of at least 4 members (excludes halogenated alkanes) is 1. The number of alkyl halides is 3. The minimum atomic E-state index is -4.36. The third-order valence-corrected chi connectivity index (χ3v) is 7.50. The Morgan fingerprint density at radius 1 is 1.28 bits per heavy atom. The average molecular weight is 502 g/mol. The zero-order valence-corrected chi connectivity index (χ0v) is 22.1. The minimum Gasteiger partial charge on any atom is -0.368 e. The number of carbonyl (C=O) groups is 1. The van der Waals surface area contributed by atoms with Gasteiger partial charge in [0.25, 0.3) is 5.91 Å². The predicted molar refractivity (Wildman–Crippen MR) is 139 cm³/mol. The van der Waals surface area contributed by atoms with Crippen molar-refractivity contribution in [2.75, 3.05) is 0 Å². The van der Waals surface area contributed by atoms with Crippen molar-refractivity contribution in [3.05, 3.63) is 82.0 Å². The first-order valence-electron chi connectivity index (χ1n) is 12.7. The number of hydrogen-bond donors (Lipinski definition) is 3. The fourth-order valence-electron chi connectivity index (χ4n) is 4.70. The highest BCUT2D eigenvalue weighted by Crippen LogP contribution is 2.56. The average Bonchev–Trinajstić information content (AvgIpc) is 3.54. The number of nitrogens with one attached hydrogen (secondary N) is 3. The summed E-state index contributed by atoms with van der Waals surface area (Å²) in [6, 6.07) is -0.173. The SMILES string of the molecule is CCC/C=C/N/C=C(\C)C(C)NC(=O)c1[nH]cc(C2(C3=CC=C(C(F)(F)F)[C@H](C)C(C)=C3)CC2)c1C. The molecule has 0 bridgehead atoms. The van der Waals surface area contributed by atoms with Crippen LogP contribution in [0.4, 0.5) is 13.2 Å². The first-order chi connectivity index (χ1) is 16.9. The van der Waals surface area contributed by atoms with E-state index in [1.54, 1.807) is 19.9 Å². The molecule has 196 valence electrons. The maximum Gasteiger partial charge on any atom is 0.413 e. The van der Waals surface area contributed by atoms with Gasteiger partial charge >= 0.3 is 6.18 Å². The van der Waals surface area contributed by atoms with Gasteiger partial charge in [-0.2, -0.15) is 13.2 Å². The van der Waals surface area contributed by atoms with E-state index >= 15 is 0 Å². The largest absolute Gasteiger partial charge is 0.413 e. The van der Waals surface area contributed by atoms with Gasteiger partial charge in [0.2, 0.25) is 0 Å². The van der Waals surface area contributed by atoms with Gasteiger partial charge in [-0.25, -0.2) is 0 Å². The van der Waals surface area contributed by atoms with E-state index in [4.69, 9.17) is 0 Å². The van der Waals surface area contributed by atoms with Crippen LogP contribution < -0.4 is 10.6 Å². The van der Waals surface area contributed by atoms with Crippen LogP contribution in [0.3, 0.4) is 0 Å². The van der Waals surface area contributed by atoms with Crippen LogP contribution in [0.25, 0.3) is 0 Å². The Morgan fingerprint density at radius 2 is 1.97 bits per heavy atom. The Labute approximate surface area is 212 Å². The van der Waals surface area contributed by atoms with E-state index in [0.29, 0.717) is 11.3 Å². The maximum atomic E-state index is 13.6. The Morgan fingerprint density at radius 3 is 2.58 bits per heavy atom. The van der Waals surface area contributed by atoms with Crippen LogP contribution in [0.2, 0.25) is 0 Å². The summed E-state index contributed by atoms with van der Waals surface area (Å²) in [6.07, 6.45) is 11.8. The number of hydrogen-bond acceptors (Lipinski definition) is 2. The highest BCUT2D eigenvalue weighted by atomic mass is 19.4. The lowest BCUT2D eigenvalue weighted by atomic mass is 9.85. The van der Waals surface area contributed by atoms with Gasteiger partial charge in [-0.05, 0) is 75.4 Å². The second-order valence-corrected chi connectivity index (χ2v) is 10.1. The van der Waals surface area contributed by atoms with E-state index in [-0.39, 0.29) is 17.4 Å². The normalized spacial score (nSPS) is 20.9. The first-order valence-corrected chi connectivity index (χ1v) is 12.7. The number of carbonyl (C=O) groups excluding carboxylic acids is 1. The van der Waals surface area contributed by atoms with E-state index < -0.39 is 17.7 Å². The van der Waals surface area contributed by atoms with Gasteiger partial charge in [0.1, 0.15) is 5.69 Å². The molecular formula is C29H38F3N3O. The van der Waals surface area contributed by atoms with Crippen LogP contribution in [0.5, 0.6) is 0 Å². The first kappa shape index (κ1) is 27.6. The van der Waals surface area contributed by atoms with Crippen molar-refractivity contribution in [1.82, 2.24) is 15.6 Å². The molecule has 1 unspecified atom stereocenters. The molecule has 2 atom stereocenters. The number of H-pyrrole nitrogens is 1. The number of allylic oxidation sites excluding steroid dienone is 7. The molecule has 0 spiro atoms. The molecule has 2 aliphatic rings. The second kappa shape index (κ2) is 11.0. The number of amides is 1. The molecule has 4 nitrogen and oxygen atoms in total. The smallest absolute Gasteiger partial charge is 0.368 e. The van der Waals surface area contributed by atoms with Crippen LogP contribution in [-0.2, 0) is 5.41 Å². The Hall–Kier alpha value is -2.96. The molecule has 1 aromatic heterocycles. The van der Waals surface area contributed by atoms with Crippen molar-refractivity contribution >= 4 is 5.91 Å². The number of aromatic nitrogens is 1. The highest BCUT2D eigenvalue weighted by Gasteiger charge is 2.49. The van der Waals surface area contributed by atoms with Crippen molar-refractivity contribution < 1.29 is 18.0 Å². The van der Waals surface area contributed by atoms with Gasteiger partial charge in [0.05, 0.1) is 0 Å². The number of rotatable bonds is 9. The molecule has 36 heavy (non-hydrogen) atoms. The summed E-state index contributed by atoms with van der Waals surface area (Å²) in [5, 5.41) is 6.16. The summed E-state index contributed by atoms with van der Waals surface area (Å²) in [7, 11) is 0. The van der Waals surface area contributed by atoms with E-state index in [2.05, 4.69) is 28.6 Å². The maximum absolute atomic E-state index is 13.6. The Balaban J connectivity index is 1.80. The molecule has 0 aliphatic heterocycles. The monoisotopic (exact) mass is 501 g/mol. The molecule has 1 amide bonds. The summed E-state index contributed by atoms with van der Waals surface area (Å²) in [5.74, 6) is -0.900. The topological polar surface area (TPSA) is 56.9 Å². The molecule has 1 aromatic rings. The highest BCUT2D eigenvalue weighted by molar-refractivity contribution is 5.94. The summed E-state index contributed by atoms with van der Waals surface area (Å²) >= 11 is 0. The third kappa shape index (κ3) is 5.88. The van der Waals surface area contributed by atoms with Crippen molar-refractivity contribution in [2.24, 2.45) is 5.92 Å². The molecule has 3 rings (SSSR count). The van der Waals surface area contributed by atoms with Crippen LogP contribution >= 0.6 is 0 Å². The minimum absolute atomic E-state index is 0.173. The van der Waals surface area contributed by atoms with Crippen molar-refractivity contribution in [3.63, 3.8) is 0 Å². The quantitative estimate of drug-likeness (QED) is 0.333. The fraction of sp³-hybridized carbons (Fsp3) is 0.483. The summed E-state index contributed by atoms with van der Waals surface area (Å²) < 4.78 is 40.7. The third-order valence-electron chi connectivity index (χ3n) is 7.50. The van der Waals surface area contributed by atoms with Gasteiger partial charge in [-0.15, -0.1) is 0 Å². The van der Waals surface area contributed by atoms with E-state index in [0.717, 1.165) is 48.0 Å². The summed E-state index contributed by atoms with van der Waals surface area (Å²) in [4.78, 5) is 16.2. The summed E-state index contributed by atoms with van der Waals surface area (Å²) in [5.41, 5.74) is 3.95. The molecular weight excluding hydrogens is 463 g/mol. The van der Waals surface area contributed by atoms with E-state index in [9.17, 15) is 18.0 Å². The van der Waals surface area contributed by atoms with Gasteiger partial charge in [-0.3, -0.25) is 4.79 Å². The van der Waals surface area contributed by atoms with Crippen LogP contribution in [0.15, 0.2) is 65.2 Å². The molecule has 0 aromatic carbocycles. The molecule has 7 heteroatoms. The lowest BCUT2D eigenvalue weighted by molar-refractivity contribution is -0.0969. The molecule has 0 saturated heterocycles. The Kier molecular flexibility index (Phi) is 8.42. The Bertz CT molecular complexity index is 1130. The lowest BCUT2D eigenvalue weighted by Crippen LogP contribution is -2.34. The number of aromatic amines is 1. The number of halogens is 3. The van der Waals surface area contributed by atoms with E-state index in [1.165, 1.54) is 6.08 Å². The van der Waals surface area contributed by atoms with Crippen molar-refractivity contribution in [2.45, 2.75) is 84.9 Å². The predicted octanol–water partition coefficient (Wildman–Crippen LogP) is 7.29. The molecule has 1 saturated carbocycles. The zero-order valence-electron chi connectivity index (χ0n) is 22.1. The zero-order chi connectivity index (χ0) is 26.7. The fourth-order valence-corrected chi connectivity index (χ4v) is 4.70. The van der Waals surface area contributed by atoms with Crippen LogP contribution in [0, 0.1) is 12.8 Å². The standard InChI is InChI=1S/C29H38F3N3O/c1-7-8-9-14-33-16-19(3)22(6)35-27(36)26-21(5)25(17-34-26)28(12-13-28)23-10-11-24(29(30,31)32)20(4)18(2)15-23/h9-11,14-17,20,22,33-34H,7-8,12-13H2,1-6H3,(H,35,36)/b14-9+,19-16+/t20-,22?/m1/s1. The van der Waals surface area contributed by atoms with E-state index in [1.807, 2.05) is 45.4 Å². The van der Waals surface area contributed by atoms with Gasteiger partial charge in [0, 0.05) is 35.3 Å². The van der Waals surface area contributed by atoms with Gasteiger partial charge < -0.3 is 15.6 Å². The van der Waals surface area contributed by atoms with Crippen LogP contribution in [-0.4, -0.2) is 23.1 Å². The second-order valence-electron chi connectivity index (χ2n) is 10.1. The lowest BCUT2D eigenvalue weighted by Gasteiger charge is -2.20. The van der Waals surface area contributed by atoms with Crippen molar-refractivity contribution in [3.8, 4) is 0 Å². The van der Waals surface area contributed by atoms with Gasteiger partial charge in [-0.1, -0.05) is 50.1 Å². The van der Waals surface area contributed by atoms with Gasteiger partial charge in [0.15, 0.2) is 0 Å². The molecule has 2 aliphatic carbocycles. The molecule has 3 N–H and O–H groups in total. The van der Waals surface area contributed by atoms with Crippen molar-refractivity contribution in [1.29, 1.82) is 0 Å². The molecule has 1 fully saturated rings. The summed E-state index contributed by atoms with van der Waals surface area (Å²) in [6.45, 7) is 11.3.